The van der Waals surface area contributed by atoms with Crippen molar-refractivity contribution >= 4 is 51.1 Å². The summed E-state index contributed by atoms with van der Waals surface area (Å²) >= 11 is 5.93. The Bertz CT molecular complexity index is 1250. The van der Waals surface area contributed by atoms with E-state index < -0.39 is 5.97 Å². The molecule has 0 N–H and O–H groups in total. The number of esters is 1. The summed E-state index contributed by atoms with van der Waals surface area (Å²) in [6.45, 7) is 0. The fourth-order valence-corrected chi connectivity index (χ4v) is 3.59. The number of fused-ring (bicyclic) bond motifs is 2. The third kappa shape index (κ3) is 2.86. The molecule has 0 amide bonds. The van der Waals surface area contributed by atoms with Gasteiger partial charge in [-0.3, -0.25) is 0 Å². The van der Waals surface area contributed by atoms with Gasteiger partial charge in [-0.25, -0.2) is 9.79 Å². The van der Waals surface area contributed by atoms with E-state index in [9.17, 15) is 4.79 Å². The number of ether oxygens (including phenoxy) is 1. The largest absolute Gasteiger partial charge is 0.402 e. The lowest BCUT2D eigenvalue weighted by atomic mass is 9.96. The topological polar surface area (TPSA) is 38.7 Å². The van der Waals surface area contributed by atoms with Crippen molar-refractivity contribution in [3.8, 4) is 0 Å². The summed E-state index contributed by atoms with van der Waals surface area (Å²) in [6.07, 6.45) is 1.82. The van der Waals surface area contributed by atoms with Crippen LogP contribution in [-0.4, -0.2) is 11.9 Å². The second-order valence-corrected chi connectivity index (χ2v) is 7.01. The third-order valence-corrected chi connectivity index (χ3v) is 5.06. The minimum atomic E-state index is -0.457. The fraction of sp³-hybridized carbons (Fsp3) is 0. The fourth-order valence-electron chi connectivity index (χ4n) is 3.47. The highest BCUT2D eigenvalue weighted by atomic mass is 35.5. The van der Waals surface area contributed by atoms with Gasteiger partial charge in [-0.15, -0.1) is 0 Å². The SMILES string of the molecule is O=C1OC(c2ccc(Cl)cc2)=N/C1=C/c1c2ccccc2cc2ccccc12. The van der Waals surface area contributed by atoms with E-state index in [2.05, 4.69) is 35.3 Å². The molecule has 1 aliphatic heterocycles. The Morgan fingerprint density at radius 1 is 0.821 bits per heavy atom. The molecule has 1 aliphatic rings. The van der Waals surface area contributed by atoms with Gasteiger partial charge in [0.25, 0.3) is 0 Å². The lowest BCUT2D eigenvalue weighted by Crippen LogP contribution is -2.05. The van der Waals surface area contributed by atoms with Gasteiger partial charge in [0, 0.05) is 10.6 Å². The van der Waals surface area contributed by atoms with Crippen molar-refractivity contribution < 1.29 is 9.53 Å². The molecule has 3 nitrogen and oxygen atoms in total. The van der Waals surface area contributed by atoms with Crippen LogP contribution in [0.1, 0.15) is 11.1 Å². The van der Waals surface area contributed by atoms with Gasteiger partial charge in [-0.2, -0.15) is 0 Å². The minimum Gasteiger partial charge on any atom is -0.402 e. The van der Waals surface area contributed by atoms with Crippen LogP contribution in [0.2, 0.25) is 5.02 Å². The van der Waals surface area contributed by atoms with Crippen molar-refractivity contribution in [1.82, 2.24) is 0 Å². The zero-order valence-electron chi connectivity index (χ0n) is 14.7. The van der Waals surface area contributed by atoms with Crippen molar-refractivity contribution in [2.24, 2.45) is 4.99 Å². The maximum Gasteiger partial charge on any atom is 0.363 e. The van der Waals surface area contributed by atoms with Crippen molar-refractivity contribution in [1.29, 1.82) is 0 Å². The molecule has 0 saturated heterocycles. The molecule has 0 saturated carbocycles. The summed E-state index contributed by atoms with van der Waals surface area (Å²) in [5.74, 6) is -0.167. The molecule has 0 aromatic heterocycles. The Labute approximate surface area is 166 Å². The number of carbonyl (C=O) groups is 1. The number of aliphatic imine (C=N–C) groups is 1. The second-order valence-electron chi connectivity index (χ2n) is 6.58. The van der Waals surface area contributed by atoms with E-state index >= 15 is 0 Å². The normalized spacial score (nSPS) is 15.2. The average molecular weight is 384 g/mol. The van der Waals surface area contributed by atoms with Crippen LogP contribution >= 0.6 is 11.6 Å². The highest BCUT2D eigenvalue weighted by Crippen LogP contribution is 2.31. The molecule has 4 aromatic rings. The second kappa shape index (κ2) is 6.63. The number of nitrogens with zero attached hydrogens (tertiary/aromatic N) is 1. The molecule has 28 heavy (non-hydrogen) atoms. The summed E-state index contributed by atoms with van der Waals surface area (Å²) in [7, 11) is 0. The molecule has 0 bridgehead atoms. The number of benzene rings is 4. The molecule has 0 aliphatic carbocycles. The summed E-state index contributed by atoms with van der Waals surface area (Å²) in [6, 6.07) is 25.5. The summed E-state index contributed by atoms with van der Waals surface area (Å²) in [4.78, 5) is 16.9. The highest BCUT2D eigenvalue weighted by molar-refractivity contribution is 6.30. The molecule has 1 heterocycles. The molecule has 5 rings (SSSR count). The van der Waals surface area contributed by atoms with Gasteiger partial charge >= 0.3 is 5.97 Å². The number of hydrogen-bond acceptors (Lipinski definition) is 3. The van der Waals surface area contributed by atoms with E-state index in [-0.39, 0.29) is 11.6 Å². The van der Waals surface area contributed by atoms with E-state index in [4.69, 9.17) is 16.3 Å². The van der Waals surface area contributed by atoms with Crippen molar-refractivity contribution in [2.45, 2.75) is 0 Å². The Morgan fingerprint density at radius 2 is 1.43 bits per heavy atom. The van der Waals surface area contributed by atoms with E-state index in [0.717, 1.165) is 27.1 Å². The quantitative estimate of drug-likeness (QED) is 0.242. The van der Waals surface area contributed by atoms with Crippen LogP contribution in [0.25, 0.3) is 27.6 Å². The third-order valence-electron chi connectivity index (χ3n) is 4.81. The van der Waals surface area contributed by atoms with Crippen molar-refractivity contribution in [3.05, 3.63) is 101 Å². The van der Waals surface area contributed by atoms with E-state index in [1.165, 1.54) is 0 Å². The maximum absolute atomic E-state index is 12.5. The smallest absolute Gasteiger partial charge is 0.363 e. The van der Waals surface area contributed by atoms with Crippen LogP contribution in [0.5, 0.6) is 0 Å². The lowest BCUT2D eigenvalue weighted by Gasteiger charge is -2.08. The van der Waals surface area contributed by atoms with Gasteiger partial charge < -0.3 is 4.74 Å². The first kappa shape index (κ1) is 16.7. The number of carbonyl (C=O) groups excluding carboxylic acids is 1. The molecule has 134 valence electrons. The molecule has 4 aromatic carbocycles. The zero-order valence-corrected chi connectivity index (χ0v) is 15.5. The predicted octanol–water partition coefficient (Wildman–Crippen LogP) is 5.99. The first-order valence-electron chi connectivity index (χ1n) is 8.88. The van der Waals surface area contributed by atoms with Crippen LogP contribution in [0.15, 0.2) is 89.6 Å². The summed E-state index contributed by atoms with van der Waals surface area (Å²) < 4.78 is 5.40. The molecular formula is C24H14ClNO2. The van der Waals surface area contributed by atoms with E-state index in [0.29, 0.717) is 10.6 Å². The average Bonchev–Trinajstić information content (AvgIpc) is 3.08. The minimum absolute atomic E-state index is 0.284. The Hall–Kier alpha value is -3.43. The van der Waals surface area contributed by atoms with Crippen LogP contribution in [-0.2, 0) is 9.53 Å². The molecule has 4 heteroatoms. The Morgan fingerprint density at radius 3 is 2.07 bits per heavy atom. The van der Waals surface area contributed by atoms with Crippen molar-refractivity contribution in [2.75, 3.05) is 0 Å². The van der Waals surface area contributed by atoms with Crippen LogP contribution < -0.4 is 0 Å². The maximum atomic E-state index is 12.5. The number of halogens is 1. The first-order valence-corrected chi connectivity index (χ1v) is 9.26. The highest BCUT2D eigenvalue weighted by Gasteiger charge is 2.24. The number of rotatable bonds is 2. The predicted molar refractivity (Wildman–Crippen MR) is 114 cm³/mol. The van der Waals surface area contributed by atoms with Gasteiger partial charge in [0.2, 0.25) is 5.90 Å². The van der Waals surface area contributed by atoms with E-state index in [1.54, 1.807) is 24.3 Å². The lowest BCUT2D eigenvalue weighted by molar-refractivity contribution is -0.129. The van der Waals surface area contributed by atoms with Crippen molar-refractivity contribution in [3.63, 3.8) is 0 Å². The summed E-state index contributed by atoms with van der Waals surface area (Å²) in [5, 5.41) is 4.97. The van der Waals surface area contributed by atoms with Gasteiger partial charge in [-0.05, 0) is 63.5 Å². The number of cyclic esters (lactones) is 1. The molecule has 0 radical (unpaired) electrons. The van der Waals surface area contributed by atoms with E-state index in [1.807, 2.05) is 30.3 Å². The summed E-state index contributed by atoms with van der Waals surface area (Å²) in [5.41, 5.74) is 1.96. The molecule has 0 atom stereocenters. The zero-order chi connectivity index (χ0) is 19.1. The Kier molecular flexibility index (Phi) is 3.96. The van der Waals surface area contributed by atoms with Crippen LogP contribution in [0.4, 0.5) is 0 Å². The van der Waals surface area contributed by atoms with Gasteiger partial charge in [0.15, 0.2) is 5.70 Å². The number of hydrogen-bond donors (Lipinski definition) is 0. The first-order chi connectivity index (χ1) is 13.7. The van der Waals surface area contributed by atoms with Crippen LogP contribution in [0.3, 0.4) is 0 Å². The standard InChI is InChI=1S/C24H14ClNO2/c25-18-11-9-15(10-12-18)23-26-22(24(27)28-23)14-21-19-7-3-1-5-16(19)13-17-6-2-4-8-20(17)21/h1-14H/b22-14+. The molecule has 0 fully saturated rings. The molecule has 0 unspecified atom stereocenters. The molecule has 0 spiro atoms. The van der Waals surface area contributed by atoms with Gasteiger partial charge in [0.05, 0.1) is 0 Å². The van der Waals surface area contributed by atoms with Gasteiger partial charge in [0.1, 0.15) is 0 Å². The molecular weight excluding hydrogens is 370 g/mol. The van der Waals surface area contributed by atoms with Gasteiger partial charge in [-0.1, -0.05) is 60.1 Å². The van der Waals surface area contributed by atoms with Crippen LogP contribution in [0, 0.1) is 0 Å². The Balaban J connectivity index is 1.70. The monoisotopic (exact) mass is 383 g/mol.